The van der Waals surface area contributed by atoms with Gasteiger partial charge >= 0.3 is 6.03 Å². The average molecular weight is 321 g/mol. The molecule has 1 N–H and O–H groups in total. The highest BCUT2D eigenvalue weighted by Crippen LogP contribution is 2.30. The molecule has 6 nitrogen and oxygen atoms in total. The second-order valence-corrected chi connectivity index (χ2v) is 4.96. The predicted octanol–water partition coefficient (Wildman–Crippen LogP) is 1.84. The summed E-state index contributed by atoms with van der Waals surface area (Å²) in [6, 6.07) is 3.22. The number of amides is 3. The Morgan fingerprint density at radius 3 is 2.95 bits per heavy atom. The first kappa shape index (κ1) is 12.0. The van der Waals surface area contributed by atoms with E-state index in [0.29, 0.717) is 17.7 Å². The Balaban J connectivity index is 2.13. The SMILES string of the molecule is O=C1CCN(c2ccc(Br)c3cncnc23)C(=O)N1. The van der Waals surface area contributed by atoms with Crippen molar-refractivity contribution in [3.8, 4) is 0 Å². The molecule has 3 rings (SSSR count). The molecule has 0 saturated carbocycles. The molecule has 0 aliphatic carbocycles. The van der Waals surface area contributed by atoms with E-state index < -0.39 is 6.03 Å². The fourth-order valence-electron chi connectivity index (χ4n) is 2.04. The molecule has 3 amide bonds. The van der Waals surface area contributed by atoms with Gasteiger partial charge in [-0.1, -0.05) is 15.9 Å². The van der Waals surface area contributed by atoms with Crippen LogP contribution in [0.1, 0.15) is 6.42 Å². The Morgan fingerprint density at radius 1 is 1.32 bits per heavy atom. The van der Waals surface area contributed by atoms with Crippen molar-refractivity contribution in [2.24, 2.45) is 0 Å². The third kappa shape index (κ3) is 2.06. The lowest BCUT2D eigenvalue weighted by molar-refractivity contribution is -0.120. The van der Waals surface area contributed by atoms with Crippen LogP contribution in [0.15, 0.2) is 29.1 Å². The van der Waals surface area contributed by atoms with Crippen molar-refractivity contribution in [3.05, 3.63) is 29.1 Å². The highest BCUT2D eigenvalue weighted by Gasteiger charge is 2.26. The number of nitrogens with one attached hydrogen (secondary N) is 1. The van der Waals surface area contributed by atoms with Gasteiger partial charge in [0.25, 0.3) is 0 Å². The van der Waals surface area contributed by atoms with Crippen molar-refractivity contribution >= 4 is 44.5 Å². The van der Waals surface area contributed by atoms with Crippen LogP contribution in [0.2, 0.25) is 0 Å². The summed E-state index contributed by atoms with van der Waals surface area (Å²) in [5.74, 6) is -0.253. The van der Waals surface area contributed by atoms with Crippen molar-refractivity contribution < 1.29 is 9.59 Å². The van der Waals surface area contributed by atoms with E-state index in [4.69, 9.17) is 0 Å². The molecule has 2 heterocycles. The van der Waals surface area contributed by atoms with Gasteiger partial charge in [0.05, 0.1) is 11.2 Å². The number of aromatic nitrogens is 2. The van der Waals surface area contributed by atoms with Crippen LogP contribution < -0.4 is 10.2 Å². The van der Waals surface area contributed by atoms with Crippen LogP contribution in [-0.2, 0) is 4.79 Å². The first-order valence-corrected chi connectivity index (χ1v) is 6.45. The van der Waals surface area contributed by atoms with Crippen molar-refractivity contribution in [3.63, 3.8) is 0 Å². The highest BCUT2D eigenvalue weighted by molar-refractivity contribution is 9.10. The maximum Gasteiger partial charge on any atom is 0.328 e. The minimum atomic E-state index is -0.418. The van der Waals surface area contributed by atoms with Crippen LogP contribution in [0.25, 0.3) is 10.9 Å². The molecule has 0 bridgehead atoms. The number of fused-ring (bicyclic) bond motifs is 1. The van der Waals surface area contributed by atoms with Gasteiger partial charge in [-0.25, -0.2) is 14.8 Å². The smallest absolute Gasteiger partial charge is 0.291 e. The molecule has 1 aromatic heterocycles. The topological polar surface area (TPSA) is 75.2 Å². The summed E-state index contributed by atoms with van der Waals surface area (Å²) < 4.78 is 0.861. The second kappa shape index (κ2) is 4.58. The standard InChI is InChI=1S/C12H9BrN4O2/c13-8-1-2-9(11-7(8)5-14-6-15-11)17-4-3-10(18)16-12(17)19/h1-2,5-6H,3-4H2,(H,16,18,19). The molecule has 0 spiro atoms. The van der Waals surface area contributed by atoms with Gasteiger partial charge in [-0.05, 0) is 12.1 Å². The molecule has 2 aromatic rings. The maximum atomic E-state index is 11.9. The van der Waals surface area contributed by atoms with E-state index in [1.807, 2.05) is 6.07 Å². The quantitative estimate of drug-likeness (QED) is 0.870. The van der Waals surface area contributed by atoms with E-state index in [1.165, 1.54) is 11.2 Å². The minimum Gasteiger partial charge on any atom is -0.291 e. The number of benzene rings is 1. The van der Waals surface area contributed by atoms with E-state index in [1.54, 1.807) is 12.3 Å². The van der Waals surface area contributed by atoms with Gasteiger partial charge in [0.1, 0.15) is 6.33 Å². The van der Waals surface area contributed by atoms with Crippen LogP contribution in [0.3, 0.4) is 0 Å². The zero-order chi connectivity index (χ0) is 13.4. The predicted molar refractivity (Wildman–Crippen MR) is 72.7 cm³/mol. The molecule has 1 aliphatic rings. The van der Waals surface area contributed by atoms with Gasteiger partial charge < -0.3 is 0 Å². The minimum absolute atomic E-state index is 0.253. The molecule has 0 unspecified atom stereocenters. The molecular weight excluding hydrogens is 312 g/mol. The third-order valence-corrected chi connectivity index (χ3v) is 3.64. The Hall–Kier alpha value is -2.02. The zero-order valence-electron chi connectivity index (χ0n) is 9.76. The Bertz CT molecular complexity index is 688. The van der Waals surface area contributed by atoms with Crippen LogP contribution in [0, 0.1) is 0 Å². The Labute approximate surface area is 117 Å². The van der Waals surface area contributed by atoms with Crippen LogP contribution in [0.4, 0.5) is 10.5 Å². The second-order valence-electron chi connectivity index (χ2n) is 4.11. The molecular formula is C12H9BrN4O2. The number of halogens is 1. The number of carbonyl (C=O) groups is 2. The molecule has 19 heavy (non-hydrogen) atoms. The first-order chi connectivity index (χ1) is 9.16. The maximum absolute atomic E-state index is 11.9. The summed E-state index contributed by atoms with van der Waals surface area (Å²) in [6.07, 6.45) is 3.41. The van der Waals surface area contributed by atoms with Gasteiger partial charge in [0, 0.05) is 29.0 Å². The van der Waals surface area contributed by atoms with Crippen LogP contribution in [0.5, 0.6) is 0 Å². The molecule has 7 heteroatoms. The van der Waals surface area contributed by atoms with Crippen LogP contribution in [-0.4, -0.2) is 28.5 Å². The number of anilines is 1. The molecule has 0 atom stereocenters. The van der Waals surface area contributed by atoms with Crippen molar-refractivity contribution in [2.45, 2.75) is 6.42 Å². The normalized spacial score (nSPS) is 15.7. The summed E-state index contributed by atoms with van der Waals surface area (Å²) in [7, 11) is 0. The molecule has 1 fully saturated rings. The fraction of sp³-hybridized carbons (Fsp3) is 0.167. The van der Waals surface area contributed by atoms with Gasteiger partial charge in [0.15, 0.2) is 0 Å². The number of urea groups is 1. The van der Waals surface area contributed by atoms with E-state index in [-0.39, 0.29) is 12.3 Å². The van der Waals surface area contributed by atoms with Crippen molar-refractivity contribution in [2.75, 3.05) is 11.4 Å². The number of hydrogen-bond donors (Lipinski definition) is 1. The highest BCUT2D eigenvalue weighted by atomic mass is 79.9. The summed E-state index contributed by atoms with van der Waals surface area (Å²) >= 11 is 3.43. The molecule has 0 radical (unpaired) electrons. The molecule has 1 saturated heterocycles. The van der Waals surface area contributed by atoms with Crippen molar-refractivity contribution in [1.82, 2.24) is 15.3 Å². The van der Waals surface area contributed by atoms with E-state index in [2.05, 4.69) is 31.2 Å². The lowest BCUT2D eigenvalue weighted by Crippen LogP contribution is -2.49. The largest absolute Gasteiger partial charge is 0.328 e. The molecule has 1 aromatic carbocycles. The summed E-state index contributed by atoms with van der Waals surface area (Å²) in [5, 5.41) is 3.12. The van der Waals surface area contributed by atoms with Gasteiger partial charge in [0.2, 0.25) is 5.91 Å². The van der Waals surface area contributed by atoms with Crippen LogP contribution >= 0.6 is 15.9 Å². The summed E-state index contributed by atoms with van der Waals surface area (Å²) in [5.41, 5.74) is 1.35. The van der Waals surface area contributed by atoms with E-state index in [9.17, 15) is 9.59 Å². The zero-order valence-corrected chi connectivity index (χ0v) is 11.3. The molecule has 1 aliphatic heterocycles. The summed E-state index contributed by atoms with van der Waals surface area (Å²) in [4.78, 5) is 32.8. The third-order valence-electron chi connectivity index (χ3n) is 2.94. The number of imide groups is 1. The number of nitrogens with zero attached hydrogens (tertiary/aromatic N) is 3. The van der Waals surface area contributed by atoms with Gasteiger partial charge in [-0.3, -0.25) is 15.0 Å². The fourth-order valence-corrected chi connectivity index (χ4v) is 2.46. The van der Waals surface area contributed by atoms with Gasteiger partial charge in [-0.15, -0.1) is 0 Å². The lowest BCUT2D eigenvalue weighted by Gasteiger charge is -2.27. The average Bonchev–Trinajstić information content (AvgIpc) is 2.41. The number of hydrogen-bond acceptors (Lipinski definition) is 4. The first-order valence-electron chi connectivity index (χ1n) is 5.66. The monoisotopic (exact) mass is 320 g/mol. The van der Waals surface area contributed by atoms with Gasteiger partial charge in [-0.2, -0.15) is 0 Å². The Morgan fingerprint density at radius 2 is 2.16 bits per heavy atom. The van der Waals surface area contributed by atoms with Crippen molar-refractivity contribution in [1.29, 1.82) is 0 Å². The lowest BCUT2D eigenvalue weighted by atomic mass is 10.2. The van der Waals surface area contributed by atoms with E-state index >= 15 is 0 Å². The number of carbonyl (C=O) groups excluding carboxylic acids is 2. The molecule has 96 valence electrons. The van der Waals surface area contributed by atoms with E-state index in [0.717, 1.165) is 9.86 Å². The number of rotatable bonds is 1. The Kier molecular flexibility index (Phi) is 2.90. The summed E-state index contributed by atoms with van der Waals surface area (Å²) in [6.45, 7) is 0.353.